The van der Waals surface area contributed by atoms with Crippen molar-refractivity contribution in [1.29, 1.82) is 0 Å². The summed E-state index contributed by atoms with van der Waals surface area (Å²) in [5, 5.41) is 0.898. The first-order chi connectivity index (χ1) is 4.63. The van der Waals surface area contributed by atoms with Crippen molar-refractivity contribution in [3.63, 3.8) is 0 Å². The molecule has 3 heteroatoms. The number of aryl methyl sites for hydroxylation is 1. The van der Waals surface area contributed by atoms with Gasteiger partial charge in [-0.05, 0) is 17.8 Å². The molecule has 0 spiro atoms. The van der Waals surface area contributed by atoms with Crippen LogP contribution in [-0.2, 0) is 0 Å². The van der Waals surface area contributed by atoms with Crippen LogP contribution in [0.2, 0.25) is 5.02 Å². The van der Waals surface area contributed by atoms with Crippen LogP contribution in [0, 0.1) is 12.7 Å². The van der Waals surface area contributed by atoms with E-state index in [2.05, 4.69) is 9.24 Å². The van der Waals surface area contributed by atoms with Gasteiger partial charge in [0, 0.05) is 0 Å². The predicted octanol–water partition coefficient (Wildman–Crippen LogP) is 2.29. The molecule has 10 heavy (non-hydrogen) atoms. The normalized spacial score (nSPS) is 10.0. The third-order valence-corrected chi connectivity index (χ3v) is 2.35. The lowest BCUT2D eigenvalue weighted by atomic mass is 10.2. The standard InChI is InChI=1S/C7H7ClFP/c1-4-2-3-5(10)6(8)7(4)9/h2-3H,10H2,1H3. The molecular formula is C7H7ClFP. The van der Waals surface area contributed by atoms with Crippen LogP contribution < -0.4 is 5.30 Å². The quantitative estimate of drug-likeness (QED) is 0.532. The molecule has 0 aliphatic rings. The van der Waals surface area contributed by atoms with E-state index >= 15 is 0 Å². The van der Waals surface area contributed by atoms with Crippen molar-refractivity contribution in [3.8, 4) is 0 Å². The number of benzene rings is 1. The molecule has 0 nitrogen and oxygen atoms in total. The highest BCUT2D eigenvalue weighted by atomic mass is 35.5. The maximum absolute atomic E-state index is 12.8. The Balaban J connectivity index is 3.34. The van der Waals surface area contributed by atoms with Gasteiger partial charge in [-0.25, -0.2) is 4.39 Å². The summed E-state index contributed by atoms with van der Waals surface area (Å²) in [6, 6.07) is 3.47. The van der Waals surface area contributed by atoms with Gasteiger partial charge in [-0.3, -0.25) is 0 Å². The zero-order valence-electron chi connectivity index (χ0n) is 5.49. The number of halogens is 2. The van der Waals surface area contributed by atoms with Crippen molar-refractivity contribution in [2.75, 3.05) is 0 Å². The summed E-state index contributed by atoms with van der Waals surface area (Å²) in [5.41, 5.74) is 0.580. The minimum Gasteiger partial charge on any atom is -0.205 e. The second-order valence-electron chi connectivity index (χ2n) is 2.10. The molecule has 0 saturated heterocycles. The number of rotatable bonds is 0. The molecule has 0 amide bonds. The van der Waals surface area contributed by atoms with Gasteiger partial charge in [0.15, 0.2) is 0 Å². The number of hydrogen-bond donors (Lipinski definition) is 0. The van der Waals surface area contributed by atoms with E-state index in [0.717, 1.165) is 0 Å². The molecule has 54 valence electrons. The Hall–Kier alpha value is -0.130. The summed E-state index contributed by atoms with van der Waals surface area (Å²) >= 11 is 5.59. The zero-order chi connectivity index (χ0) is 7.72. The second-order valence-corrected chi connectivity index (χ2v) is 3.10. The molecule has 1 aromatic rings. The van der Waals surface area contributed by atoms with Crippen LogP contribution in [0.1, 0.15) is 5.56 Å². The first-order valence-electron chi connectivity index (χ1n) is 2.83. The first-order valence-corrected chi connectivity index (χ1v) is 3.78. The monoisotopic (exact) mass is 176 g/mol. The van der Waals surface area contributed by atoms with Gasteiger partial charge in [-0.2, -0.15) is 0 Å². The van der Waals surface area contributed by atoms with Crippen LogP contribution in [0.3, 0.4) is 0 Å². The van der Waals surface area contributed by atoms with E-state index < -0.39 is 0 Å². The molecule has 1 atom stereocenters. The lowest BCUT2D eigenvalue weighted by Gasteiger charge is -2.00. The highest BCUT2D eigenvalue weighted by molar-refractivity contribution is 7.28. The number of hydrogen-bond acceptors (Lipinski definition) is 0. The Morgan fingerprint density at radius 1 is 1.50 bits per heavy atom. The Morgan fingerprint density at radius 2 is 2.10 bits per heavy atom. The van der Waals surface area contributed by atoms with Gasteiger partial charge in [0.25, 0.3) is 0 Å². The third kappa shape index (κ3) is 1.31. The summed E-state index contributed by atoms with van der Waals surface area (Å²) < 4.78 is 12.8. The molecule has 0 saturated carbocycles. The molecule has 1 unspecified atom stereocenters. The highest BCUT2D eigenvalue weighted by Crippen LogP contribution is 2.16. The largest absolute Gasteiger partial charge is 0.205 e. The molecule has 0 bridgehead atoms. The summed E-state index contributed by atoms with van der Waals surface area (Å²) in [7, 11) is 2.37. The SMILES string of the molecule is Cc1ccc(P)c(Cl)c1F. The molecule has 0 radical (unpaired) electrons. The zero-order valence-corrected chi connectivity index (χ0v) is 7.40. The minimum atomic E-state index is -0.325. The third-order valence-electron chi connectivity index (χ3n) is 1.31. The van der Waals surface area contributed by atoms with Crippen molar-refractivity contribution in [1.82, 2.24) is 0 Å². The lowest BCUT2D eigenvalue weighted by molar-refractivity contribution is 0.620. The van der Waals surface area contributed by atoms with Crippen LogP contribution in [0.15, 0.2) is 12.1 Å². The predicted molar refractivity (Wildman–Crippen MR) is 45.5 cm³/mol. The van der Waals surface area contributed by atoms with Crippen molar-refractivity contribution < 1.29 is 4.39 Å². The van der Waals surface area contributed by atoms with E-state index in [0.29, 0.717) is 10.9 Å². The highest BCUT2D eigenvalue weighted by Gasteiger charge is 2.04. The van der Waals surface area contributed by atoms with Crippen molar-refractivity contribution in [2.45, 2.75) is 6.92 Å². The fourth-order valence-corrected chi connectivity index (χ4v) is 1.10. The smallest absolute Gasteiger partial charge is 0.145 e. The summed E-state index contributed by atoms with van der Waals surface area (Å²) in [6.45, 7) is 1.69. The van der Waals surface area contributed by atoms with E-state index in [1.54, 1.807) is 19.1 Å². The van der Waals surface area contributed by atoms with Crippen LogP contribution in [0.4, 0.5) is 4.39 Å². The van der Waals surface area contributed by atoms with Crippen LogP contribution in [0.5, 0.6) is 0 Å². The van der Waals surface area contributed by atoms with Gasteiger partial charge in [0.05, 0.1) is 5.02 Å². The molecular weight excluding hydrogens is 170 g/mol. The summed E-state index contributed by atoms with van der Waals surface area (Å²) in [4.78, 5) is 0. The second kappa shape index (κ2) is 2.86. The van der Waals surface area contributed by atoms with Gasteiger partial charge < -0.3 is 0 Å². The maximum atomic E-state index is 12.8. The van der Waals surface area contributed by atoms with E-state index in [9.17, 15) is 4.39 Å². The molecule has 1 rings (SSSR count). The Bertz CT molecular complexity index is 233. The fraction of sp³-hybridized carbons (Fsp3) is 0.143. The van der Waals surface area contributed by atoms with E-state index in [-0.39, 0.29) is 10.8 Å². The van der Waals surface area contributed by atoms with Gasteiger partial charge in [0.2, 0.25) is 0 Å². The molecule has 1 aromatic carbocycles. The fourth-order valence-electron chi connectivity index (χ4n) is 0.661. The van der Waals surface area contributed by atoms with E-state index in [1.165, 1.54) is 0 Å². The maximum Gasteiger partial charge on any atom is 0.145 e. The minimum absolute atomic E-state index is 0.199. The van der Waals surface area contributed by atoms with Crippen molar-refractivity contribution in [2.24, 2.45) is 0 Å². The Kier molecular flexibility index (Phi) is 2.28. The van der Waals surface area contributed by atoms with Gasteiger partial charge in [0.1, 0.15) is 5.82 Å². The Labute approximate surface area is 66.6 Å². The molecule has 0 aliphatic carbocycles. The molecule has 0 fully saturated rings. The summed E-state index contributed by atoms with van der Waals surface area (Å²) in [5.74, 6) is -0.325. The topological polar surface area (TPSA) is 0 Å². The van der Waals surface area contributed by atoms with Gasteiger partial charge in [-0.1, -0.05) is 23.7 Å². The first kappa shape index (κ1) is 7.97. The van der Waals surface area contributed by atoms with Crippen LogP contribution in [-0.4, -0.2) is 0 Å². The van der Waals surface area contributed by atoms with Crippen molar-refractivity contribution in [3.05, 3.63) is 28.5 Å². The average Bonchev–Trinajstić information content (AvgIpc) is 1.93. The molecule has 0 N–H and O–H groups in total. The van der Waals surface area contributed by atoms with E-state index in [1.807, 2.05) is 0 Å². The van der Waals surface area contributed by atoms with Gasteiger partial charge >= 0.3 is 0 Å². The van der Waals surface area contributed by atoms with Gasteiger partial charge in [-0.15, -0.1) is 9.24 Å². The van der Waals surface area contributed by atoms with Crippen molar-refractivity contribution >= 4 is 26.1 Å². The van der Waals surface area contributed by atoms with Crippen LogP contribution >= 0.6 is 20.8 Å². The molecule has 0 aliphatic heterocycles. The van der Waals surface area contributed by atoms with E-state index in [4.69, 9.17) is 11.6 Å². The van der Waals surface area contributed by atoms with Crippen LogP contribution in [0.25, 0.3) is 0 Å². The Morgan fingerprint density at radius 3 is 2.60 bits per heavy atom. The molecule has 0 aromatic heterocycles. The summed E-state index contributed by atoms with van der Waals surface area (Å²) in [6.07, 6.45) is 0. The average molecular weight is 177 g/mol. The molecule has 0 heterocycles. The lowest BCUT2D eigenvalue weighted by Crippen LogP contribution is -1.96.